The van der Waals surface area contributed by atoms with Crippen LogP contribution in [0.4, 0.5) is 0 Å². The van der Waals surface area contributed by atoms with Crippen LogP contribution in [0.1, 0.15) is 23.2 Å². The van der Waals surface area contributed by atoms with Crippen LogP contribution >= 0.6 is 0 Å². The number of pyridine rings is 1. The van der Waals surface area contributed by atoms with Crippen molar-refractivity contribution in [1.29, 1.82) is 0 Å². The standard InChI is InChI=1S/C18H22N2O3/c1-19-8-3-4-13(11-19)12-20-9-7-14-5-6-15(18(22)23-2)10-16(14)17(20)21/h5-7,9-10,13H,3-4,8,11-12H2,1-2H3. The van der Waals surface area contributed by atoms with E-state index in [0.717, 1.165) is 31.4 Å². The molecule has 0 spiro atoms. The number of methoxy groups -OCH3 is 1. The summed E-state index contributed by atoms with van der Waals surface area (Å²) in [5.74, 6) is 0.0725. The van der Waals surface area contributed by atoms with Crippen LogP contribution in [0.3, 0.4) is 0 Å². The van der Waals surface area contributed by atoms with E-state index in [2.05, 4.69) is 11.9 Å². The molecule has 0 bridgehead atoms. The fourth-order valence-electron chi connectivity index (χ4n) is 3.37. The number of likely N-dealkylation sites (tertiary alicyclic amines) is 1. The Hall–Kier alpha value is -2.14. The van der Waals surface area contributed by atoms with Crippen LogP contribution < -0.4 is 5.56 Å². The zero-order chi connectivity index (χ0) is 16.4. The summed E-state index contributed by atoms with van der Waals surface area (Å²) in [5, 5.41) is 1.42. The highest BCUT2D eigenvalue weighted by Gasteiger charge is 2.18. The van der Waals surface area contributed by atoms with E-state index in [0.29, 0.717) is 16.9 Å². The molecule has 0 radical (unpaired) electrons. The third-order valence-electron chi connectivity index (χ3n) is 4.58. The first-order valence-electron chi connectivity index (χ1n) is 7.98. The van der Waals surface area contributed by atoms with Crippen molar-refractivity contribution in [2.75, 3.05) is 27.2 Å². The molecular weight excluding hydrogens is 292 g/mol. The van der Waals surface area contributed by atoms with Gasteiger partial charge in [0.1, 0.15) is 0 Å². The van der Waals surface area contributed by atoms with Crippen LogP contribution in [0.5, 0.6) is 0 Å². The molecule has 1 saturated heterocycles. The average molecular weight is 314 g/mol. The Balaban J connectivity index is 1.93. The fraction of sp³-hybridized carbons (Fsp3) is 0.444. The molecule has 1 fully saturated rings. The second-order valence-corrected chi connectivity index (χ2v) is 6.34. The second-order valence-electron chi connectivity index (χ2n) is 6.34. The minimum absolute atomic E-state index is 0.0403. The number of fused-ring (bicyclic) bond motifs is 1. The summed E-state index contributed by atoms with van der Waals surface area (Å²) < 4.78 is 6.51. The third-order valence-corrected chi connectivity index (χ3v) is 4.58. The molecule has 2 aromatic rings. The van der Waals surface area contributed by atoms with Crippen LogP contribution in [0, 0.1) is 5.92 Å². The van der Waals surface area contributed by atoms with Crippen molar-refractivity contribution in [2.45, 2.75) is 19.4 Å². The van der Waals surface area contributed by atoms with Crippen molar-refractivity contribution in [3.63, 3.8) is 0 Å². The number of ether oxygens (including phenoxy) is 1. The van der Waals surface area contributed by atoms with Gasteiger partial charge in [-0.3, -0.25) is 4.79 Å². The van der Waals surface area contributed by atoms with Crippen LogP contribution in [-0.2, 0) is 11.3 Å². The van der Waals surface area contributed by atoms with Gasteiger partial charge in [-0.2, -0.15) is 0 Å². The predicted octanol–water partition coefficient (Wildman–Crippen LogP) is 2.13. The lowest BCUT2D eigenvalue weighted by Gasteiger charge is -2.30. The molecular formula is C18H22N2O3. The minimum atomic E-state index is -0.421. The summed E-state index contributed by atoms with van der Waals surface area (Å²) in [6, 6.07) is 7.05. The van der Waals surface area contributed by atoms with Gasteiger partial charge in [-0.1, -0.05) is 6.07 Å². The summed E-state index contributed by atoms with van der Waals surface area (Å²) in [6.07, 6.45) is 4.18. The largest absolute Gasteiger partial charge is 0.465 e. The van der Waals surface area contributed by atoms with Crippen LogP contribution in [0.15, 0.2) is 35.3 Å². The molecule has 1 aromatic heterocycles. The Kier molecular flexibility index (Phi) is 4.48. The van der Waals surface area contributed by atoms with Crippen molar-refractivity contribution < 1.29 is 9.53 Å². The average Bonchev–Trinajstić information content (AvgIpc) is 2.56. The normalized spacial score (nSPS) is 19.0. The van der Waals surface area contributed by atoms with Gasteiger partial charge in [0.05, 0.1) is 12.7 Å². The lowest BCUT2D eigenvalue weighted by molar-refractivity contribution is 0.0601. The number of esters is 1. The fourth-order valence-corrected chi connectivity index (χ4v) is 3.37. The molecule has 2 heterocycles. The predicted molar refractivity (Wildman–Crippen MR) is 89.8 cm³/mol. The number of hydrogen-bond acceptors (Lipinski definition) is 4. The van der Waals surface area contributed by atoms with E-state index in [4.69, 9.17) is 4.74 Å². The van der Waals surface area contributed by atoms with Crippen molar-refractivity contribution in [3.05, 3.63) is 46.4 Å². The zero-order valence-corrected chi connectivity index (χ0v) is 13.6. The molecule has 5 nitrogen and oxygen atoms in total. The molecule has 1 aliphatic heterocycles. The van der Waals surface area contributed by atoms with E-state index in [-0.39, 0.29) is 5.56 Å². The van der Waals surface area contributed by atoms with E-state index in [1.54, 1.807) is 22.8 Å². The Labute approximate surface area is 135 Å². The molecule has 1 atom stereocenters. The van der Waals surface area contributed by atoms with E-state index < -0.39 is 5.97 Å². The number of hydrogen-bond donors (Lipinski definition) is 0. The summed E-state index contributed by atoms with van der Waals surface area (Å²) in [7, 11) is 3.47. The quantitative estimate of drug-likeness (QED) is 0.815. The Morgan fingerprint density at radius 1 is 1.35 bits per heavy atom. The molecule has 1 unspecified atom stereocenters. The number of piperidine rings is 1. The highest BCUT2D eigenvalue weighted by Crippen LogP contribution is 2.18. The van der Waals surface area contributed by atoms with E-state index >= 15 is 0 Å². The molecule has 3 rings (SSSR count). The van der Waals surface area contributed by atoms with E-state index in [1.807, 2.05) is 12.3 Å². The maximum absolute atomic E-state index is 12.7. The van der Waals surface area contributed by atoms with Crippen molar-refractivity contribution in [1.82, 2.24) is 9.47 Å². The smallest absolute Gasteiger partial charge is 0.337 e. The SMILES string of the molecule is COC(=O)c1ccc2ccn(CC3CCCN(C)C3)c(=O)c2c1. The van der Waals surface area contributed by atoms with Crippen LogP contribution in [0.25, 0.3) is 10.8 Å². The second kappa shape index (κ2) is 6.54. The van der Waals surface area contributed by atoms with Gasteiger partial charge in [0.15, 0.2) is 0 Å². The van der Waals surface area contributed by atoms with Gasteiger partial charge in [0.25, 0.3) is 5.56 Å². The number of carbonyl (C=O) groups is 1. The molecule has 0 N–H and O–H groups in total. The molecule has 1 aromatic carbocycles. The number of rotatable bonds is 3. The number of nitrogens with zero attached hydrogens (tertiary/aromatic N) is 2. The number of carbonyl (C=O) groups excluding carboxylic acids is 1. The number of aromatic nitrogens is 1. The molecule has 5 heteroatoms. The highest BCUT2D eigenvalue weighted by molar-refractivity contribution is 5.95. The van der Waals surface area contributed by atoms with Crippen molar-refractivity contribution >= 4 is 16.7 Å². The van der Waals surface area contributed by atoms with E-state index in [9.17, 15) is 9.59 Å². The van der Waals surface area contributed by atoms with Gasteiger partial charge in [-0.05, 0) is 55.9 Å². The molecule has 122 valence electrons. The Bertz CT molecular complexity index is 781. The lowest BCUT2D eigenvalue weighted by atomic mass is 9.98. The van der Waals surface area contributed by atoms with Crippen molar-refractivity contribution in [2.24, 2.45) is 5.92 Å². The lowest BCUT2D eigenvalue weighted by Crippen LogP contribution is -2.36. The van der Waals surface area contributed by atoms with E-state index in [1.165, 1.54) is 13.5 Å². The molecule has 1 aliphatic rings. The van der Waals surface area contributed by atoms with Gasteiger partial charge in [0, 0.05) is 24.7 Å². The van der Waals surface area contributed by atoms with Gasteiger partial charge in [0.2, 0.25) is 0 Å². The molecule has 0 aliphatic carbocycles. The third kappa shape index (κ3) is 3.29. The molecule has 0 amide bonds. The summed E-state index contributed by atoms with van der Waals surface area (Å²) in [6.45, 7) is 2.87. The summed E-state index contributed by atoms with van der Waals surface area (Å²) in [4.78, 5) is 26.7. The first-order valence-corrected chi connectivity index (χ1v) is 7.98. The maximum atomic E-state index is 12.7. The van der Waals surface area contributed by atoms with Gasteiger partial charge in [-0.25, -0.2) is 4.79 Å². The molecule has 23 heavy (non-hydrogen) atoms. The Morgan fingerprint density at radius 3 is 2.91 bits per heavy atom. The maximum Gasteiger partial charge on any atom is 0.337 e. The first kappa shape index (κ1) is 15.7. The monoisotopic (exact) mass is 314 g/mol. The van der Waals surface area contributed by atoms with Crippen LogP contribution in [-0.4, -0.2) is 42.7 Å². The summed E-state index contributed by atoms with van der Waals surface area (Å²) in [5.41, 5.74) is 0.369. The first-order chi connectivity index (χ1) is 11.1. The van der Waals surface area contributed by atoms with Crippen LogP contribution in [0.2, 0.25) is 0 Å². The zero-order valence-electron chi connectivity index (χ0n) is 13.6. The Morgan fingerprint density at radius 2 is 2.17 bits per heavy atom. The highest BCUT2D eigenvalue weighted by atomic mass is 16.5. The summed E-state index contributed by atoms with van der Waals surface area (Å²) >= 11 is 0. The molecule has 0 saturated carbocycles. The number of benzene rings is 1. The van der Waals surface area contributed by atoms with Crippen molar-refractivity contribution in [3.8, 4) is 0 Å². The van der Waals surface area contributed by atoms with Gasteiger partial charge < -0.3 is 14.2 Å². The van der Waals surface area contributed by atoms with Gasteiger partial charge in [-0.15, -0.1) is 0 Å². The van der Waals surface area contributed by atoms with Gasteiger partial charge >= 0.3 is 5.97 Å². The minimum Gasteiger partial charge on any atom is -0.465 e. The topological polar surface area (TPSA) is 51.5 Å².